The number of aromatic nitrogens is 4. The first-order valence-electron chi connectivity index (χ1n) is 21.7. The second-order valence-corrected chi connectivity index (χ2v) is 17.2. The Bertz CT molecular complexity index is 2560. The average molecular weight is 889 g/mol. The first-order chi connectivity index (χ1) is 31.4. The number of amides is 4. The van der Waals surface area contributed by atoms with E-state index in [1.54, 1.807) is 60.5 Å². The third kappa shape index (κ3) is 8.34. The Hall–Kier alpha value is -6.92. The molecule has 7 atom stereocenters. The van der Waals surface area contributed by atoms with Crippen LogP contribution >= 0.6 is 0 Å². The maximum Gasteiger partial charge on any atom is 0.407 e. The molecule has 18 nitrogen and oxygen atoms in total. The van der Waals surface area contributed by atoms with Gasteiger partial charge in [-0.25, -0.2) is 19.6 Å². The van der Waals surface area contributed by atoms with Crippen LogP contribution < -0.4 is 20.1 Å². The number of carbonyl (C=O) groups excluding carboxylic acids is 3. The lowest BCUT2D eigenvalue weighted by atomic mass is 9.87. The molecule has 5 aromatic rings. The van der Waals surface area contributed by atoms with Gasteiger partial charge in [0.05, 0.1) is 55.7 Å². The molecule has 4 aliphatic heterocycles. The quantitative estimate of drug-likeness (QED) is 0.0901. The van der Waals surface area contributed by atoms with Gasteiger partial charge in [0.25, 0.3) is 5.91 Å². The average Bonchev–Trinajstić information content (AvgIpc) is 4.15. The maximum absolute atomic E-state index is 14.1. The fourth-order valence-electron chi connectivity index (χ4n) is 9.73. The first-order valence-corrected chi connectivity index (χ1v) is 21.7. The molecule has 3 aromatic carbocycles. The topological polar surface area (TPSA) is 223 Å². The van der Waals surface area contributed by atoms with E-state index in [1.165, 1.54) is 14.2 Å². The van der Waals surface area contributed by atoms with Crippen molar-refractivity contribution in [3.05, 3.63) is 95.3 Å². The van der Waals surface area contributed by atoms with Gasteiger partial charge in [-0.1, -0.05) is 37.3 Å². The van der Waals surface area contributed by atoms with Crippen LogP contribution in [0.1, 0.15) is 73.2 Å². The molecule has 4 amide bonds. The van der Waals surface area contributed by atoms with E-state index >= 15 is 0 Å². The highest BCUT2D eigenvalue weighted by molar-refractivity contribution is 5.90. The summed E-state index contributed by atoms with van der Waals surface area (Å²) in [6, 6.07) is 14.2. The van der Waals surface area contributed by atoms with Gasteiger partial charge in [-0.15, -0.1) is 0 Å². The number of likely N-dealkylation sites (tertiary alicyclic amines) is 2. The fraction of sp³-hybridized carbons (Fsp3) is 0.404. The number of ether oxygens (including phenoxy) is 5. The molecule has 6 heterocycles. The maximum atomic E-state index is 14.1. The van der Waals surface area contributed by atoms with Crippen molar-refractivity contribution >= 4 is 24.0 Å². The van der Waals surface area contributed by atoms with Gasteiger partial charge in [-0.3, -0.25) is 9.59 Å². The van der Waals surface area contributed by atoms with E-state index in [2.05, 4.69) is 39.7 Å². The van der Waals surface area contributed by atoms with Crippen LogP contribution in [0.5, 0.6) is 11.5 Å². The van der Waals surface area contributed by atoms with Crippen molar-refractivity contribution < 1.29 is 48.0 Å². The van der Waals surface area contributed by atoms with Gasteiger partial charge < -0.3 is 59.2 Å². The lowest BCUT2D eigenvalue weighted by molar-refractivity contribution is -0.138. The first kappa shape index (κ1) is 43.3. The molecule has 5 N–H and O–H groups in total. The molecule has 340 valence electrons. The normalized spacial score (nSPS) is 20.8. The summed E-state index contributed by atoms with van der Waals surface area (Å²) in [5, 5.41) is 14.7. The zero-order valence-electron chi connectivity index (χ0n) is 36.8. The number of hydrogen-bond donors (Lipinski definition) is 5. The Morgan fingerprint density at radius 3 is 1.95 bits per heavy atom. The number of nitrogens with one attached hydrogen (secondary N) is 4. The number of imidazole rings is 2. The summed E-state index contributed by atoms with van der Waals surface area (Å²) in [6.07, 6.45) is 2.15. The van der Waals surface area contributed by atoms with E-state index in [0.29, 0.717) is 63.0 Å². The zero-order valence-corrected chi connectivity index (χ0v) is 36.8. The van der Waals surface area contributed by atoms with Gasteiger partial charge >= 0.3 is 12.2 Å². The minimum Gasteiger partial charge on any atom is -0.488 e. The van der Waals surface area contributed by atoms with E-state index in [9.17, 15) is 24.3 Å². The molecule has 2 aromatic heterocycles. The monoisotopic (exact) mass is 888 g/mol. The molecule has 0 bridgehead atoms. The largest absolute Gasteiger partial charge is 0.488 e. The molecule has 0 saturated carbocycles. The van der Waals surface area contributed by atoms with Gasteiger partial charge in [0.2, 0.25) is 5.91 Å². The van der Waals surface area contributed by atoms with E-state index in [1.807, 2.05) is 18.2 Å². The van der Waals surface area contributed by atoms with E-state index in [-0.39, 0.29) is 29.7 Å². The van der Waals surface area contributed by atoms with Gasteiger partial charge in [0, 0.05) is 66.6 Å². The number of rotatable bonds is 13. The molecule has 4 aliphatic rings. The number of nitrogens with zero attached hydrogens (tertiary/aromatic N) is 4. The number of methoxy groups -OCH3 is 3. The molecular weight excluding hydrogens is 837 g/mol. The molecule has 0 aliphatic carbocycles. The van der Waals surface area contributed by atoms with Crippen LogP contribution in [0.15, 0.2) is 67.0 Å². The number of benzene rings is 3. The molecule has 0 spiro atoms. The third-order valence-corrected chi connectivity index (χ3v) is 12.9. The van der Waals surface area contributed by atoms with Crippen molar-refractivity contribution in [3.8, 4) is 45.1 Å². The van der Waals surface area contributed by atoms with Crippen molar-refractivity contribution in [1.82, 2.24) is 40.4 Å². The Morgan fingerprint density at radius 2 is 1.40 bits per heavy atom. The number of carboxylic acid groups (broad SMARTS) is 1. The minimum absolute atomic E-state index is 0.0445. The van der Waals surface area contributed by atoms with Crippen molar-refractivity contribution in [2.45, 2.75) is 70.2 Å². The van der Waals surface area contributed by atoms with E-state index < -0.39 is 36.4 Å². The van der Waals surface area contributed by atoms with E-state index in [4.69, 9.17) is 33.7 Å². The molecule has 2 fully saturated rings. The number of carbonyl (C=O) groups is 4. The molecule has 18 heteroatoms. The molecule has 0 unspecified atom stereocenters. The number of alkyl carbamates (subject to hydrolysis) is 1. The summed E-state index contributed by atoms with van der Waals surface area (Å²) in [6.45, 7) is 5.71. The summed E-state index contributed by atoms with van der Waals surface area (Å²) in [5.41, 5.74) is 7.60. The predicted octanol–water partition coefficient (Wildman–Crippen LogP) is 6.13. The van der Waals surface area contributed by atoms with Gasteiger partial charge in [0.1, 0.15) is 48.4 Å². The predicted molar refractivity (Wildman–Crippen MR) is 235 cm³/mol. The Kier molecular flexibility index (Phi) is 11.9. The van der Waals surface area contributed by atoms with Crippen LogP contribution in [0.4, 0.5) is 9.59 Å². The van der Waals surface area contributed by atoms with Crippen LogP contribution in [-0.4, -0.2) is 112 Å². The van der Waals surface area contributed by atoms with Crippen LogP contribution in [0.25, 0.3) is 33.6 Å². The second kappa shape index (κ2) is 17.9. The summed E-state index contributed by atoms with van der Waals surface area (Å²) in [7, 11) is 4.36. The Balaban J connectivity index is 0.960. The van der Waals surface area contributed by atoms with Gasteiger partial charge in [0.15, 0.2) is 0 Å². The SMILES string of the molecule is COC[C@H]1C[C@@H](c2ncc(-c3cc4c5c(c3)OCc3cc(-c6cnc([C@@H]7C[C@H](C)CN7C(=O)[C@H](NC(=O)O)c7ccccc7)[nH]6)cc(c3-5)OC4)[nH]2)N(C(=O)[C@@H](NC(=O)OC)[C@@H](C)OC)C1. The molecule has 2 saturated heterocycles. The molecular formula is C47H52N8O10. The van der Waals surface area contributed by atoms with Crippen LogP contribution in [0, 0.1) is 11.8 Å². The Labute approximate surface area is 375 Å². The van der Waals surface area contributed by atoms with Crippen molar-refractivity contribution in [3.63, 3.8) is 0 Å². The summed E-state index contributed by atoms with van der Waals surface area (Å²) in [4.78, 5) is 72.1. The highest BCUT2D eigenvalue weighted by atomic mass is 16.5. The fourth-order valence-corrected chi connectivity index (χ4v) is 9.73. The van der Waals surface area contributed by atoms with Crippen molar-refractivity contribution in [1.29, 1.82) is 0 Å². The lowest BCUT2D eigenvalue weighted by Crippen LogP contribution is -2.54. The minimum atomic E-state index is -1.28. The highest BCUT2D eigenvalue weighted by Gasteiger charge is 2.43. The summed E-state index contributed by atoms with van der Waals surface area (Å²) >= 11 is 0. The van der Waals surface area contributed by atoms with Gasteiger partial charge in [-0.05, 0) is 55.5 Å². The van der Waals surface area contributed by atoms with Crippen LogP contribution in [0.3, 0.4) is 0 Å². The number of hydrogen-bond acceptors (Lipinski definition) is 11. The van der Waals surface area contributed by atoms with Gasteiger partial charge in [-0.2, -0.15) is 0 Å². The molecule has 0 radical (unpaired) electrons. The van der Waals surface area contributed by atoms with Crippen LogP contribution in [0.2, 0.25) is 0 Å². The molecule has 65 heavy (non-hydrogen) atoms. The Morgan fingerprint density at radius 1 is 0.815 bits per heavy atom. The second-order valence-electron chi connectivity index (χ2n) is 17.2. The lowest BCUT2D eigenvalue weighted by Gasteiger charge is -2.30. The summed E-state index contributed by atoms with van der Waals surface area (Å²) in [5.74, 6) is 2.23. The highest BCUT2D eigenvalue weighted by Crippen LogP contribution is 2.51. The standard InChI is InChI=1S/C47H52N8O10/c1-24-11-34(54(19-24)45(57)41(52-46(58)59)27-9-7-6-8-10-27)42-48-17-32(50-42)28-13-30-22-65-37-16-29(14-31-23-64-36(15-28)38(30)39(31)37)33-18-49-43(51-33)35-12-26(21-61-3)20-55(35)44(56)40(25(2)62-4)53-47(60)63-5/h6-10,13-18,24-26,34-35,40-41,52H,11-12,19-23H2,1-5H3,(H,48,50)(H,49,51)(H,53,60)(H,58,59)/t24-,25+,26-,34-,35-,40-,41+/m0/s1. The number of aromatic amines is 2. The van der Waals surface area contributed by atoms with Crippen molar-refractivity contribution in [2.75, 3.05) is 41.0 Å². The smallest absolute Gasteiger partial charge is 0.407 e. The van der Waals surface area contributed by atoms with E-state index in [0.717, 1.165) is 56.3 Å². The van der Waals surface area contributed by atoms with Crippen LogP contribution in [-0.2, 0) is 37.0 Å². The zero-order chi connectivity index (χ0) is 45.5. The third-order valence-electron chi connectivity index (χ3n) is 12.9. The summed E-state index contributed by atoms with van der Waals surface area (Å²) < 4.78 is 28.7. The molecule has 9 rings (SSSR count). The number of H-pyrrole nitrogens is 2. The van der Waals surface area contributed by atoms with Crippen molar-refractivity contribution in [2.24, 2.45) is 11.8 Å².